The molecule has 0 aliphatic rings. The van der Waals surface area contributed by atoms with Crippen molar-refractivity contribution in [2.75, 3.05) is 5.73 Å². The number of benzene rings is 1. The molecule has 7 nitrogen and oxygen atoms in total. The van der Waals surface area contributed by atoms with Gasteiger partial charge in [-0.25, -0.2) is 4.98 Å². The maximum absolute atomic E-state index is 11.7. The van der Waals surface area contributed by atoms with Crippen molar-refractivity contribution in [3.8, 4) is 17.1 Å². The molecule has 96 valence electrons. The molecule has 0 radical (unpaired) electrons. The number of aromatic nitrogens is 4. The number of aromatic hydroxyl groups is 1. The highest BCUT2D eigenvalue weighted by atomic mass is 79.9. The normalized spacial score (nSPS) is 11.0. The van der Waals surface area contributed by atoms with E-state index in [-0.39, 0.29) is 22.9 Å². The third-order valence-electron chi connectivity index (χ3n) is 2.59. The molecule has 0 amide bonds. The molecule has 1 aromatic carbocycles. The molecule has 0 spiro atoms. The van der Waals surface area contributed by atoms with Gasteiger partial charge < -0.3 is 15.8 Å². The van der Waals surface area contributed by atoms with Crippen molar-refractivity contribution in [2.24, 2.45) is 0 Å². The first-order valence-corrected chi connectivity index (χ1v) is 6.08. The van der Waals surface area contributed by atoms with E-state index in [0.29, 0.717) is 11.4 Å². The van der Waals surface area contributed by atoms with Gasteiger partial charge in [0.15, 0.2) is 11.2 Å². The van der Waals surface area contributed by atoms with E-state index in [0.717, 1.165) is 4.47 Å². The summed E-state index contributed by atoms with van der Waals surface area (Å²) in [7, 11) is 0. The number of aromatic amines is 2. The minimum Gasteiger partial charge on any atom is -0.507 e. The number of fused-ring (bicyclic) bond motifs is 1. The fourth-order valence-corrected chi connectivity index (χ4v) is 2.11. The van der Waals surface area contributed by atoms with Gasteiger partial charge in [0, 0.05) is 4.47 Å². The molecule has 5 N–H and O–H groups in total. The summed E-state index contributed by atoms with van der Waals surface area (Å²) in [4.78, 5) is 25.0. The number of imidazole rings is 1. The van der Waals surface area contributed by atoms with Crippen molar-refractivity contribution in [2.45, 2.75) is 0 Å². The first-order chi connectivity index (χ1) is 9.04. The smallest absolute Gasteiger partial charge is 0.278 e. The van der Waals surface area contributed by atoms with Gasteiger partial charge in [0.05, 0.1) is 5.56 Å². The number of nitrogens with two attached hydrogens (primary N) is 1. The predicted octanol–water partition coefficient (Wildman–Crippen LogP) is 1.36. The van der Waals surface area contributed by atoms with Crippen LogP contribution in [0.15, 0.2) is 27.5 Å². The zero-order chi connectivity index (χ0) is 13.6. The number of hydrogen-bond donors (Lipinski definition) is 4. The first kappa shape index (κ1) is 11.7. The number of nitrogens with one attached hydrogen (secondary N) is 2. The van der Waals surface area contributed by atoms with E-state index in [9.17, 15) is 9.90 Å². The maximum atomic E-state index is 11.7. The van der Waals surface area contributed by atoms with Gasteiger partial charge in [-0.1, -0.05) is 15.9 Å². The van der Waals surface area contributed by atoms with Crippen LogP contribution in [0.1, 0.15) is 0 Å². The summed E-state index contributed by atoms with van der Waals surface area (Å²) in [5, 5.41) is 9.83. The molecule has 0 saturated carbocycles. The average Bonchev–Trinajstić information content (AvgIpc) is 2.76. The molecule has 8 heteroatoms. The number of rotatable bonds is 1. The Balaban J connectivity index is 2.29. The number of phenols is 1. The van der Waals surface area contributed by atoms with Gasteiger partial charge in [-0.05, 0) is 18.2 Å². The molecular weight excluding hydrogens is 314 g/mol. The molecule has 0 fully saturated rings. The van der Waals surface area contributed by atoms with Crippen LogP contribution in [0.4, 0.5) is 5.95 Å². The van der Waals surface area contributed by atoms with Crippen molar-refractivity contribution in [1.29, 1.82) is 0 Å². The summed E-state index contributed by atoms with van der Waals surface area (Å²) in [6.45, 7) is 0. The van der Waals surface area contributed by atoms with Crippen LogP contribution in [0.2, 0.25) is 0 Å². The number of hydrogen-bond acceptors (Lipinski definition) is 5. The van der Waals surface area contributed by atoms with E-state index in [1.165, 1.54) is 6.07 Å². The fourth-order valence-electron chi connectivity index (χ4n) is 1.75. The average molecular weight is 322 g/mol. The molecule has 19 heavy (non-hydrogen) atoms. The van der Waals surface area contributed by atoms with Gasteiger partial charge in [-0.2, -0.15) is 4.98 Å². The number of nitrogens with zero attached hydrogens (tertiary/aromatic N) is 2. The number of phenolic OH excluding ortho intramolecular Hbond substituents is 1. The topological polar surface area (TPSA) is 121 Å². The molecule has 0 bridgehead atoms. The van der Waals surface area contributed by atoms with Gasteiger partial charge in [-0.3, -0.25) is 9.78 Å². The minimum absolute atomic E-state index is 0.00554. The lowest BCUT2D eigenvalue weighted by Gasteiger charge is -2.00. The quantitative estimate of drug-likeness (QED) is 0.539. The van der Waals surface area contributed by atoms with Crippen LogP contribution in [0, 0.1) is 0 Å². The molecule has 3 rings (SSSR count). The summed E-state index contributed by atoms with van der Waals surface area (Å²) < 4.78 is 0.780. The van der Waals surface area contributed by atoms with Crippen LogP contribution in [0.5, 0.6) is 5.75 Å². The van der Waals surface area contributed by atoms with Crippen molar-refractivity contribution >= 4 is 33.0 Å². The third-order valence-corrected chi connectivity index (χ3v) is 3.09. The Hall–Kier alpha value is -2.35. The summed E-state index contributed by atoms with van der Waals surface area (Å²) in [5.41, 5.74) is 5.92. The second kappa shape index (κ2) is 4.09. The second-order valence-corrected chi connectivity index (χ2v) is 4.81. The molecule has 0 aliphatic carbocycles. The molecule has 2 heterocycles. The summed E-state index contributed by atoms with van der Waals surface area (Å²) in [6, 6.07) is 4.91. The molecule has 0 unspecified atom stereocenters. The second-order valence-electron chi connectivity index (χ2n) is 3.90. The highest BCUT2D eigenvalue weighted by Crippen LogP contribution is 2.30. The molecule has 0 atom stereocenters. The van der Waals surface area contributed by atoms with Crippen molar-refractivity contribution in [1.82, 2.24) is 19.9 Å². The van der Waals surface area contributed by atoms with E-state index in [1.54, 1.807) is 12.1 Å². The Kier molecular flexibility index (Phi) is 2.53. The van der Waals surface area contributed by atoms with Gasteiger partial charge in [0.1, 0.15) is 11.6 Å². The van der Waals surface area contributed by atoms with Crippen LogP contribution in [-0.2, 0) is 0 Å². The lowest BCUT2D eigenvalue weighted by molar-refractivity contribution is 0.477. The van der Waals surface area contributed by atoms with Crippen molar-refractivity contribution in [3.63, 3.8) is 0 Å². The molecule has 0 aliphatic heterocycles. The Morgan fingerprint density at radius 2 is 2.05 bits per heavy atom. The number of nitrogen functional groups attached to an aromatic ring is 1. The van der Waals surface area contributed by atoms with Crippen molar-refractivity contribution < 1.29 is 5.11 Å². The van der Waals surface area contributed by atoms with Crippen LogP contribution in [0.25, 0.3) is 22.6 Å². The number of H-pyrrole nitrogens is 2. The van der Waals surface area contributed by atoms with E-state index in [2.05, 4.69) is 35.9 Å². The number of halogens is 1. The fraction of sp³-hybridized carbons (Fsp3) is 0. The summed E-state index contributed by atoms with van der Waals surface area (Å²) >= 11 is 3.31. The Bertz CT molecular complexity index is 839. The largest absolute Gasteiger partial charge is 0.507 e. The third kappa shape index (κ3) is 1.95. The van der Waals surface area contributed by atoms with E-state index in [4.69, 9.17) is 5.73 Å². The van der Waals surface area contributed by atoms with E-state index < -0.39 is 5.56 Å². The lowest BCUT2D eigenvalue weighted by atomic mass is 10.2. The lowest BCUT2D eigenvalue weighted by Crippen LogP contribution is -2.10. The molecule has 0 saturated heterocycles. The van der Waals surface area contributed by atoms with Gasteiger partial charge in [0.2, 0.25) is 5.95 Å². The van der Waals surface area contributed by atoms with Crippen LogP contribution < -0.4 is 11.3 Å². The highest BCUT2D eigenvalue weighted by Gasteiger charge is 2.13. The predicted molar refractivity (Wildman–Crippen MR) is 73.7 cm³/mol. The summed E-state index contributed by atoms with van der Waals surface area (Å²) in [6.07, 6.45) is 0. The Morgan fingerprint density at radius 1 is 1.26 bits per heavy atom. The molecule has 3 aromatic rings. The standard InChI is InChI=1S/C11H8BrN5O2/c12-4-1-2-6(18)5(3-4)8-14-7-9(15-8)16-11(13)17-10(7)19/h1-3,18H,(H4,13,14,15,16,17,19). The first-order valence-electron chi connectivity index (χ1n) is 5.29. The maximum Gasteiger partial charge on any atom is 0.278 e. The molecular formula is C11H8BrN5O2. The van der Waals surface area contributed by atoms with Gasteiger partial charge in [-0.15, -0.1) is 0 Å². The Labute approximate surface area is 114 Å². The van der Waals surface area contributed by atoms with E-state index >= 15 is 0 Å². The monoisotopic (exact) mass is 321 g/mol. The van der Waals surface area contributed by atoms with Crippen LogP contribution >= 0.6 is 15.9 Å². The van der Waals surface area contributed by atoms with Gasteiger partial charge >= 0.3 is 0 Å². The van der Waals surface area contributed by atoms with Gasteiger partial charge in [0.25, 0.3) is 5.56 Å². The van der Waals surface area contributed by atoms with E-state index in [1.807, 2.05) is 0 Å². The van der Waals surface area contributed by atoms with Crippen molar-refractivity contribution in [3.05, 3.63) is 33.0 Å². The highest BCUT2D eigenvalue weighted by molar-refractivity contribution is 9.10. The summed E-state index contributed by atoms with van der Waals surface area (Å²) in [5.74, 6) is 0.387. The Morgan fingerprint density at radius 3 is 2.84 bits per heavy atom. The van der Waals surface area contributed by atoms with Crippen LogP contribution in [0.3, 0.4) is 0 Å². The zero-order valence-electron chi connectivity index (χ0n) is 9.44. The molecule has 2 aromatic heterocycles. The van der Waals surface area contributed by atoms with Crippen LogP contribution in [-0.4, -0.2) is 25.0 Å². The zero-order valence-corrected chi connectivity index (χ0v) is 11.0. The SMILES string of the molecule is Nc1nc2nc(-c3cc(Br)ccc3O)[nH]c2c(=O)[nH]1. The minimum atomic E-state index is -0.407. The number of anilines is 1.